The van der Waals surface area contributed by atoms with Crippen molar-refractivity contribution in [3.05, 3.63) is 33.9 Å². The van der Waals surface area contributed by atoms with Gasteiger partial charge in [0, 0.05) is 6.04 Å². The van der Waals surface area contributed by atoms with Crippen molar-refractivity contribution in [1.29, 1.82) is 0 Å². The molecule has 14 heavy (non-hydrogen) atoms. The number of methoxy groups -OCH3 is 1. The van der Waals surface area contributed by atoms with Gasteiger partial charge in [0.05, 0.1) is 17.6 Å². The Bertz CT molecular complexity index is 350. The second-order valence-electron chi connectivity index (χ2n) is 2.94. The van der Waals surface area contributed by atoms with Crippen molar-refractivity contribution in [3.63, 3.8) is 0 Å². The van der Waals surface area contributed by atoms with Crippen molar-refractivity contribution in [2.45, 2.75) is 13.0 Å². The molecule has 0 amide bonds. The third-order valence-electron chi connectivity index (χ3n) is 1.92. The summed E-state index contributed by atoms with van der Waals surface area (Å²) in [5.74, 6) is 0.241. The molecule has 0 aliphatic heterocycles. The molecule has 0 heterocycles. The van der Waals surface area contributed by atoms with Crippen molar-refractivity contribution in [2.75, 3.05) is 7.11 Å². The Morgan fingerprint density at radius 1 is 1.57 bits per heavy atom. The molecule has 2 N–H and O–H groups in total. The van der Waals surface area contributed by atoms with E-state index in [0.717, 1.165) is 0 Å². The zero-order valence-corrected chi connectivity index (χ0v) is 8.06. The van der Waals surface area contributed by atoms with Gasteiger partial charge in [-0.3, -0.25) is 10.1 Å². The van der Waals surface area contributed by atoms with Crippen molar-refractivity contribution >= 4 is 5.69 Å². The summed E-state index contributed by atoms with van der Waals surface area (Å²) in [4.78, 5) is 10.3. The van der Waals surface area contributed by atoms with Gasteiger partial charge in [0.1, 0.15) is 0 Å². The van der Waals surface area contributed by atoms with E-state index in [1.807, 2.05) is 0 Å². The molecule has 1 aromatic carbocycles. The molecule has 0 saturated heterocycles. The summed E-state index contributed by atoms with van der Waals surface area (Å²) in [5, 5.41) is 10.8. The van der Waals surface area contributed by atoms with Crippen LogP contribution in [0, 0.1) is 10.1 Å². The number of hydrogen-bond acceptors (Lipinski definition) is 4. The summed E-state index contributed by atoms with van der Waals surface area (Å²) in [5.41, 5.74) is 6.05. The number of rotatable bonds is 3. The van der Waals surface area contributed by atoms with Crippen molar-refractivity contribution in [1.82, 2.24) is 0 Å². The Morgan fingerprint density at radius 3 is 2.64 bits per heavy atom. The van der Waals surface area contributed by atoms with E-state index >= 15 is 0 Å². The van der Waals surface area contributed by atoms with Gasteiger partial charge >= 0.3 is 5.69 Å². The number of ether oxygens (including phenoxy) is 1. The number of nitro groups is 1. The van der Waals surface area contributed by atoms with Gasteiger partial charge in [0.2, 0.25) is 0 Å². The maximum atomic E-state index is 10.8. The normalized spacial score (nSPS) is 12.2. The standard InChI is InChI=1S/C9H12N2O3/c1-6(10)7-4-3-5-8(14-2)9(7)11(12)13/h3-6H,10H2,1-2H3. The van der Waals surface area contributed by atoms with Crippen LogP contribution in [0.1, 0.15) is 18.5 Å². The van der Waals surface area contributed by atoms with Crippen molar-refractivity contribution < 1.29 is 9.66 Å². The minimum atomic E-state index is -0.475. The molecule has 0 spiro atoms. The minimum Gasteiger partial charge on any atom is -0.490 e. The lowest BCUT2D eigenvalue weighted by molar-refractivity contribution is -0.386. The number of hydrogen-bond donors (Lipinski definition) is 1. The fourth-order valence-corrected chi connectivity index (χ4v) is 1.27. The topological polar surface area (TPSA) is 78.4 Å². The summed E-state index contributed by atoms with van der Waals surface area (Å²) in [6.07, 6.45) is 0. The molecule has 76 valence electrons. The first kappa shape index (κ1) is 10.5. The van der Waals surface area contributed by atoms with E-state index in [-0.39, 0.29) is 17.5 Å². The molecule has 0 aliphatic rings. The Labute approximate surface area is 81.6 Å². The van der Waals surface area contributed by atoms with E-state index in [2.05, 4.69) is 0 Å². The van der Waals surface area contributed by atoms with Crippen LogP contribution in [-0.4, -0.2) is 12.0 Å². The number of nitrogens with zero attached hydrogens (tertiary/aromatic N) is 1. The highest BCUT2D eigenvalue weighted by Crippen LogP contribution is 2.33. The van der Waals surface area contributed by atoms with Gasteiger partial charge in [-0.05, 0) is 13.0 Å². The first-order valence-electron chi connectivity index (χ1n) is 4.14. The van der Waals surface area contributed by atoms with Crippen LogP contribution in [0.5, 0.6) is 5.75 Å². The molecule has 1 unspecified atom stereocenters. The number of nitro benzene ring substituents is 1. The third-order valence-corrected chi connectivity index (χ3v) is 1.92. The summed E-state index contributed by atoms with van der Waals surface area (Å²) in [6, 6.07) is 4.48. The van der Waals surface area contributed by atoms with Gasteiger partial charge in [-0.2, -0.15) is 0 Å². The summed E-state index contributed by atoms with van der Waals surface area (Å²) < 4.78 is 4.90. The molecule has 1 rings (SSSR count). The highest BCUT2D eigenvalue weighted by Gasteiger charge is 2.21. The van der Waals surface area contributed by atoms with Crippen LogP contribution in [0.4, 0.5) is 5.69 Å². The maximum Gasteiger partial charge on any atom is 0.315 e. The van der Waals surface area contributed by atoms with E-state index in [1.54, 1.807) is 25.1 Å². The van der Waals surface area contributed by atoms with Gasteiger partial charge in [0.15, 0.2) is 5.75 Å². The molecule has 0 aliphatic carbocycles. The Kier molecular flexibility index (Phi) is 3.03. The number of para-hydroxylation sites is 1. The largest absolute Gasteiger partial charge is 0.490 e. The van der Waals surface area contributed by atoms with Crippen LogP contribution in [-0.2, 0) is 0 Å². The first-order chi connectivity index (χ1) is 6.57. The van der Waals surface area contributed by atoms with Crippen LogP contribution in [0.3, 0.4) is 0 Å². The quantitative estimate of drug-likeness (QED) is 0.588. The maximum absolute atomic E-state index is 10.8. The third kappa shape index (κ3) is 1.82. The Morgan fingerprint density at radius 2 is 2.21 bits per heavy atom. The zero-order chi connectivity index (χ0) is 10.7. The average molecular weight is 196 g/mol. The first-order valence-corrected chi connectivity index (χ1v) is 4.14. The zero-order valence-electron chi connectivity index (χ0n) is 8.06. The summed E-state index contributed by atoms with van der Waals surface area (Å²) >= 11 is 0. The molecule has 1 atom stereocenters. The Hall–Kier alpha value is -1.62. The monoisotopic (exact) mass is 196 g/mol. The summed E-state index contributed by atoms with van der Waals surface area (Å²) in [7, 11) is 1.40. The van der Waals surface area contributed by atoms with Crippen molar-refractivity contribution in [2.24, 2.45) is 5.73 Å². The highest BCUT2D eigenvalue weighted by molar-refractivity contribution is 5.53. The highest BCUT2D eigenvalue weighted by atomic mass is 16.6. The van der Waals surface area contributed by atoms with E-state index in [9.17, 15) is 10.1 Å². The van der Waals surface area contributed by atoms with Crippen LogP contribution in [0.15, 0.2) is 18.2 Å². The fourth-order valence-electron chi connectivity index (χ4n) is 1.27. The molecule has 0 bridgehead atoms. The van der Waals surface area contributed by atoms with Gasteiger partial charge in [-0.25, -0.2) is 0 Å². The molecule has 5 heteroatoms. The van der Waals surface area contributed by atoms with E-state index < -0.39 is 4.92 Å². The second kappa shape index (κ2) is 4.06. The van der Waals surface area contributed by atoms with Crippen LogP contribution < -0.4 is 10.5 Å². The Balaban J connectivity index is 3.35. The summed E-state index contributed by atoms with van der Waals surface area (Å²) in [6.45, 7) is 1.70. The number of benzene rings is 1. The molecule has 5 nitrogen and oxygen atoms in total. The lowest BCUT2D eigenvalue weighted by atomic mass is 10.1. The molecule has 0 fully saturated rings. The average Bonchev–Trinajstić information content (AvgIpc) is 2.16. The minimum absolute atomic E-state index is 0.0509. The van der Waals surface area contributed by atoms with Gasteiger partial charge in [-0.15, -0.1) is 0 Å². The van der Waals surface area contributed by atoms with E-state index in [4.69, 9.17) is 10.5 Å². The molecule has 0 radical (unpaired) electrons. The van der Waals surface area contributed by atoms with E-state index in [1.165, 1.54) is 7.11 Å². The van der Waals surface area contributed by atoms with Crippen LogP contribution >= 0.6 is 0 Å². The molecular weight excluding hydrogens is 184 g/mol. The molecule has 1 aromatic rings. The lowest BCUT2D eigenvalue weighted by Gasteiger charge is -2.08. The van der Waals surface area contributed by atoms with Crippen LogP contribution in [0.2, 0.25) is 0 Å². The second-order valence-corrected chi connectivity index (χ2v) is 2.94. The fraction of sp³-hybridized carbons (Fsp3) is 0.333. The molecule has 0 aromatic heterocycles. The van der Waals surface area contributed by atoms with Crippen LogP contribution in [0.25, 0.3) is 0 Å². The smallest absolute Gasteiger partial charge is 0.315 e. The van der Waals surface area contributed by atoms with Gasteiger partial charge in [-0.1, -0.05) is 12.1 Å². The van der Waals surface area contributed by atoms with Gasteiger partial charge in [0.25, 0.3) is 0 Å². The van der Waals surface area contributed by atoms with Crippen molar-refractivity contribution in [3.8, 4) is 5.75 Å². The molecule has 0 saturated carbocycles. The SMILES string of the molecule is COc1cccc(C(C)N)c1[N+](=O)[O-]. The predicted octanol–water partition coefficient (Wildman–Crippen LogP) is 1.62. The van der Waals surface area contributed by atoms with E-state index in [0.29, 0.717) is 5.56 Å². The predicted molar refractivity (Wildman–Crippen MR) is 52.3 cm³/mol. The number of nitrogens with two attached hydrogens (primary N) is 1. The van der Waals surface area contributed by atoms with Gasteiger partial charge < -0.3 is 10.5 Å². The molecular formula is C9H12N2O3. The lowest BCUT2D eigenvalue weighted by Crippen LogP contribution is -2.08.